The van der Waals surface area contributed by atoms with E-state index >= 15 is 0 Å². The molecule has 1 fully saturated rings. The molecule has 0 aliphatic heterocycles. The zero-order valence-electron chi connectivity index (χ0n) is 17.2. The first-order valence-corrected chi connectivity index (χ1v) is 10.8. The first kappa shape index (κ1) is 19.8. The molecular formula is C24H25NO3S. The maximum Gasteiger partial charge on any atom is 0.347 e. The Hall–Kier alpha value is -2.53. The molecule has 1 aromatic carbocycles. The molecule has 1 saturated carbocycles. The predicted octanol–water partition coefficient (Wildman–Crippen LogP) is 5.46. The van der Waals surface area contributed by atoms with E-state index in [1.807, 2.05) is 58.2 Å². The lowest BCUT2D eigenvalue weighted by molar-refractivity contribution is 0.405. The van der Waals surface area contributed by atoms with E-state index in [4.69, 9.17) is 4.42 Å². The van der Waals surface area contributed by atoms with Gasteiger partial charge in [-0.15, -0.1) is 11.8 Å². The van der Waals surface area contributed by atoms with Crippen LogP contribution in [0.2, 0.25) is 0 Å². The number of hydrogen-bond acceptors (Lipinski definition) is 5. The first-order chi connectivity index (χ1) is 13.8. The average Bonchev–Trinajstić information content (AvgIpc) is 3.44. The van der Waals surface area contributed by atoms with Gasteiger partial charge in [0.1, 0.15) is 17.1 Å². The van der Waals surface area contributed by atoms with Crippen LogP contribution in [0, 0.1) is 27.7 Å². The van der Waals surface area contributed by atoms with Gasteiger partial charge in [0.15, 0.2) is 0 Å². The molecule has 0 radical (unpaired) electrons. The Morgan fingerprint density at radius 1 is 1.03 bits per heavy atom. The molecule has 3 aromatic rings. The summed E-state index contributed by atoms with van der Waals surface area (Å²) >= 11 is 1.66. The van der Waals surface area contributed by atoms with Crippen LogP contribution in [0.5, 0.6) is 5.75 Å². The second-order valence-electron chi connectivity index (χ2n) is 8.17. The Morgan fingerprint density at radius 2 is 1.72 bits per heavy atom. The Bertz CT molecular complexity index is 1100. The van der Waals surface area contributed by atoms with Gasteiger partial charge >= 0.3 is 5.63 Å². The molecular weight excluding hydrogens is 382 g/mol. The van der Waals surface area contributed by atoms with Crippen molar-refractivity contribution in [3.63, 3.8) is 0 Å². The molecule has 0 atom stereocenters. The summed E-state index contributed by atoms with van der Waals surface area (Å²) in [6.45, 7) is 7.94. The minimum atomic E-state index is -0.472. The van der Waals surface area contributed by atoms with Gasteiger partial charge in [-0.25, -0.2) is 9.78 Å². The van der Waals surface area contributed by atoms with Crippen LogP contribution in [0.15, 0.2) is 50.8 Å². The second kappa shape index (κ2) is 7.38. The largest absolute Gasteiger partial charge is 0.507 e. The van der Waals surface area contributed by atoms with Gasteiger partial charge in [-0.2, -0.15) is 0 Å². The van der Waals surface area contributed by atoms with Gasteiger partial charge in [0.05, 0.1) is 5.03 Å². The number of rotatable bonds is 5. The summed E-state index contributed by atoms with van der Waals surface area (Å²) in [6.07, 6.45) is 3.74. The highest BCUT2D eigenvalue weighted by atomic mass is 32.2. The molecule has 29 heavy (non-hydrogen) atoms. The summed E-state index contributed by atoms with van der Waals surface area (Å²) in [5.41, 5.74) is 4.51. The molecule has 0 spiro atoms. The van der Waals surface area contributed by atoms with E-state index in [0.717, 1.165) is 51.4 Å². The lowest BCUT2D eigenvalue weighted by atomic mass is 9.93. The minimum Gasteiger partial charge on any atom is -0.507 e. The summed E-state index contributed by atoms with van der Waals surface area (Å²) < 4.78 is 5.77. The van der Waals surface area contributed by atoms with Crippen LogP contribution in [0.25, 0.3) is 11.1 Å². The van der Waals surface area contributed by atoms with Gasteiger partial charge in [-0.1, -0.05) is 23.8 Å². The fraction of sp³-hybridized carbons (Fsp3) is 0.333. The van der Waals surface area contributed by atoms with Crippen LogP contribution in [-0.2, 0) is 5.41 Å². The number of thioether (sulfide) groups is 1. The van der Waals surface area contributed by atoms with E-state index in [9.17, 15) is 9.90 Å². The van der Waals surface area contributed by atoms with Gasteiger partial charge in [-0.3, -0.25) is 0 Å². The van der Waals surface area contributed by atoms with Gasteiger partial charge < -0.3 is 9.52 Å². The smallest absolute Gasteiger partial charge is 0.347 e. The van der Waals surface area contributed by atoms with Crippen molar-refractivity contribution in [3.05, 3.63) is 75.0 Å². The number of pyridine rings is 1. The molecule has 0 bridgehead atoms. The van der Waals surface area contributed by atoms with E-state index in [1.54, 1.807) is 17.8 Å². The molecule has 5 heteroatoms. The number of aromatic nitrogens is 1. The maximum atomic E-state index is 12.9. The van der Waals surface area contributed by atoms with Crippen LogP contribution >= 0.6 is 11.8 Å². The molecule has 1 N–H and O–H groups in total. The van der Waals surface area contributed by atoms with E-state index in [1.165, 1.54) is 0 Å². The zero-order chi connectivity index (χ0) is 20.8. The Balaban J connectivity index is 1.65. The van der Waals surface area contributed by atoms with Gasteiger partial charge in [0, 0.05) is 23.4 Å². The molecule has 2 heterocycles. The van der Waals surface area contributed by atoms with Crippen LogP contribution in [0.1, 0.15) is 40.9 Å². The number of benzene rings is 1. The SMILES string of the molecule is Cc1ccc(SCC2(c3cc(O)c(-c4c(C)cc(C)cc4C)c(=O)o3)CC2)nc1. The van der Waals surface area contributed by atoms with E-state index in [0.29, 0.717) is 5.76 Å². The van der Waals surface area contributed by atoms with E-state index in [-0.39, 0.29) is 16.7 Å². The van der Waals surface area contributed by atoms with Crippen LogP contribution in [-0.4, -0.2) is 15.8 Å². The maximum absolute atomic E-state index is 12.9. The van der Waals surface area contributed by atoms with Crippen LogP contribution < -0.4 is 5.63 Å². The second-order valence-corrected chi connectivity index (χ2v) is 9.17. The average molecular weight is 408 g/mol. The molecule has 2 aromatic heterocycles. The highest BCUT2D eigenvalue weighted by Crippen LogP contribution is 2.52. The van der Waals surface area contributed by atoms with Crippen molar-refractivity contribution in [1.29, 1.82) is 0 Å². The lowest BCUT2D eigenvalue weighted by Gasteiger charge is -2.16. The molecule has 0 unspecified atom stereocenters. The summed E-state index contributed by atoms with van der Waals surface area (Å²) in [5, 5.41) is 11.7. The Kier molecular flexibility index (Phi) is 5.03. The monoisotopic (exact) mass is 407 g/mol. The Morgan fingerprint density at radius 3 is 2.28 bits per heavy atom. The van der Waals surface area contributed by atoms with Crippen LogP contribution in [0.4, 0.5) is 0 Å². The van der Waals surface area contributed by atoms with Crippen molar-refractivity contribution in [2.75, 3.05) is 5.75 Å². The van der Waals surface area contributed by atoms with Crippen molar-refractivity contribution in [2.45, 2.75) is 51.0 Å². The number of hydrogen-bond donors (Lipinski definition) is 1. The van der Waals surface area contributed by atoms with Crippen molar-refractivity contribution in [2.24, 2.45) is 0 Å². The third-order valence-corrected chi connectivity index (χ3v) is 6.85. The van der Waals surface area contributed by atoms with Crippen molar-refractivity contribution in [1.82, 2.24) is 4.98 Å². The van der Waals surface area contributed by atoms with E-state index < -0.39 is 5.63 Å². The quantitative estimate of drug-likeness (QED) is 0.569. The number of aromatic hydroxyl groups is 1. The molecule has 150 valence electrons. The van der Waals surface area contributed by atoms with Crippen molar-refractivity contribution < 1.29 is 9.52 Å². The summed E-state index contributed by atoms with van der Waals surface area (Å²) in [4.78, 5) is 17.3. The molecule has 4 rings (SSSR count). The molecule has 1 aliphatic rings. The number of nitrogens with zero attached hydrogens (tertiary/aromatic N) is 1. The zero-order valence-corrected chi connectivity index (χ0v) is 18.0. The normalized spacial score (nSPS) is 14.8. The van der Waals surface area contributed by atoms with Gasteiger partial charge in [0.25, 0.3) is 0 Å². The third kappa shape index (κ3) is 3.84. The standard InChI is InChI=1S/C24H25NO3S/c1-14-5-6-20(25-12-14)29-13-24(7-8-24)19-11-18(26)22(23(27)28-19)21-16(3)9-15(2)10-17(21)4/h5-6,9-12,26H,7-8,13H2,1-4H3. The lowest BCUT2D eigenvalue weighted by Crippen LogP contribution is -2.15. The fourth-order valence-electron chi connectivity index (χ4n) is 3.91. The van der Waals surface area contributed by atoms with Crippen molar-refractivity contribution >= 4 is 11.8 Å². The fourth-order valence-corrected chi connectivity index (χ4v) is 5.06. The molecule has 4 nitrogen and oxygen atoms in total. The third-order valence-electron chi connectivity index (χ3n) is 5.61. The topological polar surface area (TPSA) is 63.3 Å². The van der Waals surface area contributed by atoms with Gasteiger partial charge in [-0.05, 0) is 68.9 Å². The molecule has 0 amide bonds. The number of aryl methyl sites for hydroxylation is 4. The highest BCUT2D eigenvalue weighted by Gasteiger charge is 2.47. The highest BCUT2D eigenvalue weighted by molar-refractivity contribution is 7.99. The summed E-state index contributed by atoms with van der Waals surface area (Å²) in [6, 6.07) is 9.73. The Labute approximate surface area is 175 Å². The van der Waals surface area contributed by atoms with Crippen molar-refractivity contribution in [3.8, 4) is 16.9 Å². The first-order valence-electron chi connectivity index (χ1n) is 9.80. The summed E-state index contributed by atoms with van der Waals surface area (Å²) in [5.74, 6) is 1.34. The molecule has 1 aliphatic carbocycles. The summed E-state index contributed by atoms with van der Waals surface area (Å²) in [7, 11) is 0. The molecule has 0 saturated heterocycles. The predicted molar refractivity (Wildman–Crippen MR) is 117 cm³/mol. The minimum absolute atomic E-state index is 0.00367. The van der Waals surface area contributed by atoms with E-state index in [2.05, 4.69) is 4.98 Å². The van der Waals surface area contributed by atoms with Gasteiger partial charge in [0.2, 0.25) is 0 Å². The van der Waals surface area contributed by atoms with Crippen LogP contribution in [0.3, 0.4) is 0 Å².